The normalized spacial score (nSPS) is 10.7. The van der Waals surface area contributed by atoms with Crippen LogP contribution in [0.2, 0.25) is 0 Å². The van der Waals surface area contributed by atoms with Crippen LogP contribution in [0.15, 0.2) is 67.1 Å². The lowest BCUT2D eigenvalue weighted by Crippen LogP contribution is -2.26. The zero-order chi connectivity index (χ0) is 27.3. The number of pyridine rings is 1. The Kier molecular flexibility index (Phi) is 10.7. The molecule has 198 valence electrons. The van der Waals surface area contributed by atoms with Gasteiger partial charge < -0.3 is 30.3 Å². The molecule has 0 fully saturated rings. The van der Waals surface area contributed by atoms with Gasteiger partial charge in [0.1, 0.15) is 30.3 Å². The third-order valence-electron chi connectivity index (χ3n) is 5.29. The maximum atomic E-state index is 11.5. The van der Waals surface area contributed by atoms with Gasteiger partial charge in [0.05, 0.1) is 24.0 Å². The van der Waals surface area contributed by atoms with Crippen LogP contribution >= 0.6 is 0 Å². The molecular formula is C28H31N5O5. The van der Waals surface area contributed by atoms with Crippen LogP contribution < -0.4 is 15.4 Å². The Morgan fingerprint density at radius 1 is 1.05 bits per heavy atom. The average Bonchev–Trinajstić information content (AvgIpc) is 2.94. The van der Waals surface area contributed by atoms with Gasteiger partial charge >= 0.3 is 0 Å². The summed E-state index contributed by atoms with van der Waals surface area (Å²) >= 11 is 0. The number of amides is 1. The van der Waals surface area contributed by atoms with Crippen molar-refractivity contribution >= 4 is 34.4 Å². The van der Waals surface area contributed by atoms with Gasteiger partial charge in [-0.05, 0) is 60.5 Å². The maximum absolute atomic E-state index is 11.5. The lowest BCUT2D eigenvalue weighted by atomic mass is 10.1. The summed E-state index contributed by atoms with van der Waals surface area (Å²) in [6.07, 6.45) is 6.92. The van der Waals surface area contributed by atoms with E-state index in [9.17, 15) is 4.79 Å². The third-order valence-corrected chi connectivity index (χ3v) is 5.29. The van der Waals surface area contributed by atoms with E-state index in [-0.39, 0.29) is 19.1 Å². The van der Waals surface area contributed by atoms with Crippen molar-refractivity contribution in [3.63, 3.8) is 0 Å². The molecule has 4 aromatic rings. The van der Waals surface area contributed by atoms with Gasteiger partial charge in [-0.1, -0.05) is 18.2 Å². The minimum Gasteiger partial charge on any atom is -0.455 e. The second kappa shape index (κ2) is 14.4. The molecule has 0 aliphatic carbocycles. The number of aromatic nitrogens is 3. The van der Waals surface area contributed by atoms with Crippen molar-refractivity contribution in [2.75, 3.05) is 32.7 Å². The van der Waals surface area contributed by atoms with Gasteiger partial charge in [-0.25, -0.2) is 9.97 Å². The summed E-state index contributed by atoms with van der Waals surface area (Å²) in [5.41, 5.74) is 4.15. The first-order valence-corrected chi connectivity index (χ1v) is 11.8. The van der Waals surface area contributed by atoms with Crippen molar-refractivity contribution in [3.05, 3.63) is 84.0 Å². The predicted octanol–water partition coefficient (Wildman–Crippen LogP) is 3.75. The molecule has 2 aromatic heterocycles. The van der Waals surface area contributed by atoms with E-state index in [1.54, 1.807) is 18.3 Å². The molecule has 1 amide bonds. The Balaban J connectivity index is 0.00000195. The Bertz CT molecular complexity index is 1380. The molecule has 4 N–H and O–H groups in total. The van der Waals surface area contributed by atoms with Gasteiger partial charge in [0.2, 0.25) is 5.91 Å². The largest absolute Gasteiger partial charge is 0.455 e. The summed E-state index contributed by atoms with van der Waals surface area (Å²) in [5, 5.41) is 23.1. The van der Waals surface area contributed by atoms with E-state index in [1.165, 1.54) is 13.4 Å². The molecule has 10 nitrogen and oxygen atoms in total. The van der Waals surface area contributed by atoms with E-state index in [4.69, 9.17) is 19.7 Å². The van der Waals surface area contributed by atoms with E-state index in [0.717, 1.165) is 34.8 Å². The fourth-order valence-electron chi connectivity index (χ4n) is 3.50. The molecule has 2 aromatic carbocycles. The number of benzene rings is 2. The number of rotatable bonds is 10. The second-order valence-corrected chi connectivity index (χ2v) is 7.99. The summed E-state index contributed by atoms with van der Waals surface area (Å²) in [6, 6.07) is 15.2. The Hall–Kier alpha value is -4.38. The summed E-state index contributed by atoms with van der Waals surface area (Å²) in [4.78, 5) is 24.4. The van der Waals surface area contributed by atoms with Gasteiger partial charge in [0, 0.05) is 31.8 Å². The van der Waals surface area contributed by atoms with E-state index in [1.807, 2.05) is 55.5 Å². The summed E-state index contributed by atoms with van der Waals surface area (Å²) < 4.78 is 10.7. The second-order valence-electron chi connectivity index (χ2n) is 7.99. The zero-order valence-corrected chi connectivity index (χ0v) is 21.5. The minimum absolute atomic E-state index is 0.0394. The van der Waals surface area contributed by atoms with E-state index >= 15 is 0 Å². The van der Waals surface area contributed by atoms with Crippen molar-refractivity contribution in [3.8, 4) is 11.5 Å². The van der Waals surface area contributed by atoms with Crippen molar-refractivity contribution in [1.82, 2.24) is 20.3 Å². The van der Waals surface area contributed by atoms with Crippen LogP contribution in [-0.2, 0) is 16.1 Å². The lowest BCUT2D eigenvalue weighted by molar-refractivity contribution is -0.124. The first-order valence-electron chi connectivity index (χ1n) is 11.8. The molecule has 0 bridgehead atoms. The smallest absolute Gasteiger partial charge is 0.246 e. The molecule has 4 rings (SSSR count). The molecule has 0 radical (unpaired) electrons. The molecule has 0 unspecified atom stereocenters. The molecule has 0 spiro atoms. The topological polar surface area (TPSA) is 139 Å². The molecule has 2 heterocycles. The highest BCUT2D eigenvalue weighted by Gasteiger charge is 2.08. The van der Waals surface area contributed by atoms with E-state index in [2.05, 4.69) is 25.6 Å². The van der Waals surface area contributed by atoms with Gasteiger partial charge in [-0.3, -0.25) is 9.78 Å². The Morgan fingerprint density at radius 2 is 1.89 bits per heavy atom. The zero-order valence-electron chi connectivity index (χ0n) is 21.5. The van der Waals surface area contributed by atoms with Crippen molar-refractivity contribution in [1.29, 1.82) is 0 Å². The van der Waals surface area contributed by atoms with Crippen LogP contribution in [-0.4, -0.2) is 58.4 Å². The number of nitrogens with one attached hydrogen (secondary N) is 2. The van der Waals surface area contributed by atoms with Crippen molar-refractivity contribution in [2.24, 2.45) is 0 Å². The van der Waals surface area contributed by atoms with E-state index in [0.29, 0.717) is 29.6 Å². The monoisotopic (exact) mass is 517 g/mol. The van der Waals surface area contributed by atoms with Crippen LogP contribution in [0.1, 0.15) is 16.8 Å². The summed E-state index contributed by atoms with van der Waals surface area (Å²) in [6.45, 7) is 2.30. The molecule has 0 atom stereocenters. The van der Waals surface area contributed by atoms with Gasteiger partial charge in [-0.15, -0.1) is 0 Å². The summed E-state index contributed by atoms with van der Waals surface area (Å²) in [5.74, 6) is 1.82. The Labute approximate surface area is 221 Å². The lowest BCUT2D eigenvalue weighted by Gasteiger charge is -2.13. The fourth-order valence-corrected chi connectivity index (χ4v) is 3.50. The highest BCUT2D eigenvalue weighted by Crippen LogP contribution is 2.30. The van der Waals surface area contributed by atoms with Crippen LogP contribution in [0.25, 0.3) is 17.0 Å². The maximum Gasteiger partial charge on any atom is 0.246 e. The SMILES string of the molecule is CO.COCC(=O)NC/C=C/c1ccc2ncnc(Nc3ccc(Oc4ccc(CO)nc4)c(C)c3)c2c1. The first kappa shape index (κ1) is 28.2. The molecule has 0 saturated heterocycles. The first-order chi connectivity index (χ1) is 18.6. The number of methoxy groups -OCH3 is 1. The minimum atomic E-state index is -0.163. The van der Waals surface area contributed by atoms with Gasteiger partial charge in [-0.2, -0.15) is 0 Å². The molecule has 10 heteroatoms. The molecule has 0 aliphatic rings. The van der Waals surface area contributed by atoms with Gasteiger partial charge in [0.15, 0.2) is 0 Å². The number of fused-ring (bicyclic) bond motifs is 1. The number of ether oxygens (including phenoxy) is 2. The standard InChI is InChI=1S/C27H27N5O4.CH4O/c1-18-12-20(7-10-25(18)36-22-8-6-21(15-33)29-14-22)32-27-23-13-19(5-9-24(23)30-17-31-27)4-3-11-28-26(34)16-35-2;1-2/h3-10,12-14,17,33H,11,15-16H2,1-2H3,(H,28,34)(H,30,31,32);2H,1H3/b4-3+;. The number of hydrogen-bond donors (Lipinski definition) is 4. The van der Waals surface area contributed by atoms with E-state index < -0.39 is 0 Å². The van der Waals surface area contributed by atoms with Crippen molar-refractivity contribution in [2.45, 2.75) is 13.5 Å². The number of aryl methyl sites for hydroxylation is 1. The molecular weight excluding hydrogens is 486 g/mol. The van der Waals surface area contributed by atoms with Crippen LogP contribution in [0.4, 0.5) is 11.5 Å². The number of aliphatic hydroxyl groups is 2. The van der Waals surface area contributed by atoms with Crippen LogP contribution in [0.3, 0.4) is 0 Å². The average molecular weight is 518 g/mol. The van der Waals surface area contributed by atoms with Crippen LogP contribution in [0, 0.1) is 6.92 Å². The number of carbonyl (C=O) groups is 1. The highest BCUT2D eigenvalue weighted by molar-refractivity contribution is 5.92. The highest BCUT2D eigenvalue weighted by atomic mass is 16.5. The Morgan fingerprint density at radius 3 is 2.61 bits per heavy atom. The molecule has 38 heavy (non-hydrogen) atoms. The van der Waals surface area contributed by atoms with Gasteiger partial charge in [0.25, 0.3) is 0 Å². The number of nitrogens with zero attached hydrogens (tertiary/aromatic N) is 3. The third kappa shape index (κ3) is 7.81. The number of aliphatic hydroxyl groups excluding tert-OH is 2. The molecule has 0 saturated carbocycles. The predicted molar refractivity (Wildman–Crippen MR) is 146 cm³/mol. The summed E-state index contributed by atoms with van der Waals surface area (Å²) in [7, 11) is 2.48. The van der Waals surface area contributed by atoms with Crippen molar-refractivity contribution < 1.29 is 24.5 Å². The number of anilines is 2. The quantitative estimate of drug-likeness (QED) is 0.248. The fraction of sp³-hybridized carbons (Fsp3) is 0.214. The molecule has 0 aliphatic heterocycles. The number of carbonyl (C=O) groups excluding carboxylic acids is 1. The number of hydrogen-bond acceptors (Lipinski definition) is 9. The van der Waals surface area contributed by atoms with Crippen LogP contribution in [0.5, 0.6) is 11.5 Å².